The molecule has 3 rings (SSSR count). The number of amides is 1. The Morgan fingerprint density at radius 1 is 1.32 bits per heavy atom. The van der Waals surface area contributed by atoms with E-state index >= 15 is 0 Å². The summed E-state index contributed by atoms with van der Waals surface area (Å²) in [7, 11) is 0. The van der Waals surface area contributed by atoms with E-state index in [1.807, 2.05) is 6.07 Å². The maximum absolute atomic E-state index is 12.4. The zero-order valence-electron chi connectivity index (χ0n) is 11.5. The fourth-order valence-corrected chi connectivity index (χ4v) is 3.32. The first-order valence-electron chi connectivity index (χ1n) is 7.27. The standard InChI is InChI=1S/C17H21NO/c1-13-12-18(16(19)11-14-7-5-6-8-14)17(13)15-9-3-2-4-10-15/h2-5,7,9-10,13-14,17H,6,8,11-12H2,1H3/t13-,14-,17-/m1/s1. The molecule has 2 aliphatic rings. The first-order chi connectivity index (χ1) is 9.25. The molecule has 1 aliphatic carbocycles. The Kier molecular flexibility index (Phi) is 3.41. The molecule has 2 heteroatoms. The Hall–Kier alpha value is -1.57. The van der Waals surface area contributed by atoms with Crippen molar-refractivity contribution in [1.29, 1.82) is 0 Å². The number of rotatable bonds is 3. The Balaban J connectivity index is 1.67. The Bertz CT molecular complexity index is 479. The monoisotopic (exact) mass is 255 g/mol. The largest absolute Gasteiger partial charge is 0.335 e. The lowest BCUT2D eigenvalue weighted by atomic mass is 9.84. The van der Waals surface area contributed by atoms with Gasteiger partial charge in [-0.2, -0.15) is 0 Å². The Morgan fingerprint density at radius 2 is 2.11 bits per heavy atom. The van der Waals surface area contributed by atoms with E-state index in [1.165, 1.54) is 5.56 Å². The molecule has 0 unspecified atom stereocenters. The van der Waals surface area contributed by atoms with Crippen LogP contribution in [0, 0.1) is 11.8 Å². The van der Waals surface area contributed by atoms with Crippen LogP contribution in [0.2, 0.25) is 0 Å². The molecule has 100 valence electrons. The van der Waals surface area contributed by atoms with Crippen LogP contribution in [0.5, 0.6) is 0 Å². The predicted octanol–water partition coefficient (Wildman–Crippen LogP) is 3.56. The Labute approximate surface area is 115 Å². The third-order valence-corrected chi connectivity index (χ3v) is 4.37. The lowest BCUT2D eigenvalue weighted by molar-refractivity contribution is -0.144. The van der Waals surface area contributed by atoms with Crippen molar-refractivity contribution in [2.24, 2.45) is 11.8 Å². The lowest BCUT2D eigenvalue weighted by Crippen LogP contribution is -2.51. The highest BCUT2D eigenvalue weighted by atomic mass is 16.2. The van der Waals surface area contributed by atoms with E-state index < -0.39 is 0 Å². The van der Waals surface area contributed by atoms with Crippen molar-refractivity contribution >= 4 is 5.91 Å². The van der Waals surface area contributed by atoms with Gasteiger partial charge in [0.25, 0.3) is 0 Å². The summed E-state index contributed by atoms with van der Waals surface area (Å²) in [4.78, 5) is 14.5. The molecule has 1 fully saturated rings. The number of carbonyl (C=O) groups excluding carboxylic acids is 1. The van der Waals surface area contributed by atoms with E-state index in [0.717, 1.165) is 19.4 Å². The van der Waals surface area contributed by atoms with Crippen molar-refractivity contribution in [2.75, 3.05) is 6.54 Å². The minimum absolute atomic E-state index is 0.291. The number of carbonyl (C=O) groups is 1. The van der Waals surface area contributed by atoms with Crippen LogP contribution in [0.4, 0.5) is 0 Å². The van der Waals surface area contributed by atoms with E-state index in [-0.39, 0.29) is 0 Å². The molecule has 1 aromatic rings. The van der Waals surface area contributed by atoms with E-state index in [2.05, 4.69) is 48.2 Å². The van der Waals surface area contributed by atoms with Gasteiger partial charge in [-0.1, -0.05) is 49.4 Å². The van der Waals surface area contributed by atoms with Crippen LogP contribution in [-0.4, -0.2) is 17.4 Å². The fourth-order valence-electron chi connectivity index (χ4n) is 3.32. The zero-order chi connectivity index (χ0) is 13.2. The SMILES string of the molecule is C[C@@H]1CN(C(=O)C[C@@H]2C=CCC2)[C@H]1c1ccccc1. The summed E-state index contributed by atoms with van der Waals surface area (Å²) in [6.45, 7) is 3.14. The fraction of sp³-hybridized carbons (Fsp3) is 0.471. The van der Waals surface area contributed by atoms with E-state index in [4.69, 9.17) is 0 Å². The number of hydrogen-bond acceptors (Lipinski definition) is 1. The molecule has 19 heavy (non-hydrogen) atoms. The van der Waals surface area contributed by atoms with Gasteiger partial charge in [0, 0.05) is 13.0 Å². The summed E-state index contributed by atoms with van der Waals surface area (Å²) in [5, 5.41) is 0. The molecule has 0 saturated carbocycles. The van der Waals surface area contributed by atoms with Crippen LogP contribution >= 0.6 is 0 Å². The average Bonchev–Trinajstić information content (AvgIpc) is 2.89. The van der Waals surface area contributed by atoms with Crippen LogP contribution in [0.3, 0.4) is 0 Å². The molecule has 1 aromatic carbocycles. The minimum atomic E-state index is 0.291. The quantitative estimate of drug-likeness (QED) is 0.756. The summed E-state index contributed by atoms with van der Waals surface area (Å²) < 4.78 is 0. The van der Waals surface area contributed by atoms with Crippen molar-refractivity contribution in [3.63, 3.8) is 0 Å². The normalized spacial score (nSPS) is 29.3. The minimum Gasteiger partial charge on any atom is -0.335 e. The van der Waals surface area contributed by atoms with Crippen LogP contribution in [-0.2, 0) is 4.79 Å². The topological polar surface area (TPSA) is 20.3 Å². The third kappa shape index (κ3) is 2.44. The second-order valence-corrected chi connectivity index (χ2v) is 5.85. The maximum Gasteiger partial charge on any atom is 0.223 e. The van der Waals surface area contributed by atoms with Crippen LogP contribution in [0.1, 0.15) is 37.8 Å². The molecular formula is C17H21NO. The lowest BCUT2D eigenvalue weighted by Gasteiger charge is -2.47. The van der Waals surface area contributed by atoms with Gasteiger partial charge in [-0.05, 0) is 30.2 Å². The molecule has 0 bridgehead atoms. The summed E-state index contributed by atoms with van der Waals surface area (Å²) >= 11 is 0. The zero-order valence-corrected chi connectivity index (χ0v) is 11.5. The maximum atomic E-state index is 12.4. The second kappa shape index (κ2) is 5.20. The summed E-state index contributed by atoms with van der Waals surface area (Å²) in [6, 6.07) is 10.7. The molecule has 0 N–H and O–H groups in total. The van der Waals surface area contributed by atoms with Gasteiger partial charge >= 0.3 is 0 Å². The van der Waals surface area contributed by atoms with Gasteiger partial charge in [-0.3, -0.25) is 4.79 Å². The average molecular weight is 255 g/mol. The number of hydrogen-bond donors (Lipinski definition) is 0. The number of allylic oxidation sites excluding steroid dienone is 2. The van der Waals surface area contributed by atoms with Crippen molar-refractivity contribution in [2.45, 2.75) is 32.2 Å². The van der Waals surface area contributed by atoms with Crippen molar-refractivity contribution in [3.8, 4) is 0 Å². The summed E-state index contributed by atoms with van der Waals surface area (Å²) in [6.07, 6.45) is 7.37. The van der Waals surface area contributed by atoms with E-state index in [0.29, 0.717) is 30.2 Å². The van der Waals surface area contributed by atoms with Gasteiger partial charge < -0.3 is 4.90 Å². The summed E-state index contributed by atoms with van der Waals surface area (Å²) in [5.41, 5.74) is 1.27. The third-order valence-electron chi connectivity index (χ3n) is 4.37. The second-order valence-electron chi connectivity index (χ2n) is 5.85. The molecule has 1 amide bonds. The molecule has 0 radical (unpaired) electrons. The molecular weight excluding hydrogens is 234 g/mol. The van der Waals surface area contributed by atoms with E-state index in [1.54, 1.807) is 0 Å². The predicted molar refractivity (Wildman–Crippen MR) is 76.5 cm³/mol. The molecule has 1 aliphatic heterocycles. The molecule has 1 saturated heterocycles. The van der Waals surface area contributed by atoms with Crippen LogP contribution in [0.15, 0.2) is 42.5 Å². The van der Waals surface area contributed by atoms with Crippen molar-refractivity contribution in [3.05, 3.63) is 48.0 Å². The highest BCUT2D eigenvalue weighted by Crippen LogP contribution is 2.39. The number of likely N-dealkylation sites (tertiary alicyclic amines) is 1. The molecule has 3 atom stereocenters. The van der Waals surface area contributed by atoms with Gasteiger partial charge in [-0.15, -0.1) is 0 Å². The van der Waals surface area contributed by atoms with Crippen LogP contribution < -0.4 is 0 Å². The van der Waals surface area contributed by atoms with Crippen molar-refractivity contribution < 1.29 is 4.79 Å². The molecule has 0 spiro atoms. The van der Waals surface area contributed by atoms with Gasteiger partial charge in [0.15, 0.2) is 0 Å². The smallest absolute Gasteiger partial charge is 0.223 e. The van der Waals surface area contributed by atoms with Gasteiger partial charge in [-0.25, -0.2) is 0 Å². The molecule has 2 nitrogen and oxygen atoms in total. The first-order valence-corrected chi connectivity index (χ1v) is 7.27. The van der Waals surface area contributed by atoms with Crippen LogP contribution in [0.25, 0.3) is 0 Å². The van der Waals surface area contributed by atoms with Gasteiger partial charge in [0.05, 0.1) is 6.04 Å². The van der Waals surface area contributed by atoms with E-state index in [9.17, 15) is 4.79 Å². The van der Waals surface area contributed by atoms with Gasteiger partial charge in [0.2, 0.25) is 5.91 Å². The number of benzene rings is 1. The number of nitrogens with zero attached hydrogens (tertiary/aromatic N) is 1. The Morgan fingerprint density at radius 3 is 2.74 bits per heavy atom. The highest BCUT2D eigenvalue weighted by molar-refractivity contribution is 5.78. The molecule has 0 aromatic heterocycles. The van der Waals surface area contributed by atoms with Crippen molar-refractivity contribution in [1.82, 2.24) is 4.90 Å². The first kappa shape index (κ1) is 12.5. The summed E-state index contributed by atoms with van der Waals surface area (Å²) in [5.74, 6) is 1.37. The van der Waals surface area contributed by atoms with Gasteiger partial charge in [0.1, 0.15) is 0 Å². The molecule has 1 heterocycles. The highest BCUT2D eigenvalue weighted by Gasteiger charge is 2.39.